The third-order valence-electron chi connectivity index (χ3n) is 4.77. The van der Waals surface area contributed by atoms with Gasteiger partial charge < -0.3 is 5.32 Å². The maximum Gasteiger partial charge on any atom is 0.321 e. The lowest BCUT2D eigenvalue weighted by molar-refractivity contribution is -0.121. The number of nitrogens with one attached hydrogen (secondary N) is 2. The van der Waals surface area contributed by atoms with E-state index in [9.17, 15) is 9.59 Å². The fourth-order valence-corrected chi connectivity index (χ4v) is 3.34. The summed E-state index contributed by atoms with van der Waals surface area (Å²) in [6.07, 6.45) is 2.08. The maximum atomic E-state index is 12.1. The third kappa shape index (κ3) is 5.43. The summed E-state index contributed by atoms with van der Waals surface area (Å²) in [5.41, 5.74) is 2.37. The second-order valence-electron chi connectivity index (χ2n) is 6.68. The number of piperidine rings is 1. The van der Waals surface area contributed by atoms with Crippen LogP contribution < -0.4 is 10.6 Å². The van der Waals surface area contributed by atoms with Crippen LogP contribution in [0.5, 0.6) is 0 Å². The van der Waals surface area contributed by atoms with Gasteiger partial charge in [0.2, 0.25) is 5.91 Å². The van der Waals surface area contributed by atoms with E-state index >= 15 is 0 Å². The van der Waals surface area contributed by atoms with E-state index in [1.54, 1.807) is 0 Å². The molecule has 0 unspecified atom stereocenters. The normalized spacial score (nSPS) is 15.4. The van der Waals surface area contributed by atoms with Crippen molar-refractivity contribution in [2.45, 2.75) is 25.3 Å². The molecule has 3 rings (SSSR count). The van der Waals surface area contributed by atoms with Crippen molar-refractivity contribution in [2.75, 3.05) is 19.6 Å². The van der Waals surface area contributed by atoms with E-state index < -0.39 is 6.03 Å². The second kappa shape index (κ2) is 9.15. The van der Waals surface area contributed by atoms with Gasteiger partial charge in [-0.05, 0) is 43.0 Å². The van der Waals surface area contributed by atoms with Crippen molar-refractivity contribution in [1.82, 2.24) is 15.5 Å². The Balaban J connectivity index is 1.37. The number of benzene rings is 2. The summed E-state index contributed by atoms with van der Waals surface area (Å²) < 4.78 is 0. The van der Waals surface area contributed by atoms with E-state index in [4.69, 9.17) is 0 Å². The molecule has 2 aromatic rings. The van der Waals surface area contributed by atoms with Crippen LogP contribution in [0.2, 0.25) is 0 Å². The van der Waals surface area contributed by atoms with Crippen molar-refractivity contribution < 1.29 is 9.59 Å². The smallest absolute Gasteiger partial charge is 0.321 e. The van der Waals surface area contributed by atoms with Crippen LogP contribution >= 0.6 is 0 Å². The summed E-state index contributed by atoms with van der Waals surface area (Å²) >= 11 is 0. The van der Waals surface area contributed by atoms with Gasteiger partial charge in [0.1, 0.15) is 0 Å². The molecule has 0 saturated carbocycles. The van der Waals surface area contributed by atoms with E-state index in [1.807, 2.05) is 36.4 Å². The number of rotatable bonds is 5. The van der Waals surface area contributed by atoms with Crippen LogP contribution in [-0.4, -0.2) is 36.5 Å². The lowest BCUT2D eigenvalue weighted by atomic mass is 9.89. The molecule has 1 heterocycles. The summed E-state index contributed by atoms with van der Waals surface area (Å²) in [4.78, 5) is 26.0. The van der Waals surface area contributed by atoms with Gasteiger partial charge in [0.05, 0.1) is 6.54 Å². The molecule has 0 atom stereocenters. The summed E-state index contributed by atoms with van der Waals surface area (Å²) in [5.74, 6) is 0.304. The number of amides is 3. The molecule has 1 saturated heterocycles. The van der Waals surface area contributed by atoms with Crippen LogP contribution in [0.1, 0.15) is 29.9 Å². The molecule has 5 nitrogen and oxygen atoms in total. The Morgan fingerprint density at radius 2 is 1.54 bits per heavy atom. The van der Waals surface area contributed by atoms with Crippen LogP contribution in [0, 0.1) is 0 Å². The van der Waals surface area contributed by atoms with E-state index in [1.165, 1.54) is 5.56 Å². The number of carbonyl (C=O) groups excluding carboxylic acids is 2. The number of imide groups is 1. The molecule has 3 amide bonds. The number of hydrogen-bond donors (Lipinski definition) is 2. The first-order valence-electron chi connectivity index (χ1n) is 9.09. The second-order valence-corrected chi connectivity index (χ2v) is 6.68. The lowest BCUT2D eigenvalue weighted by Crippen LogP contribution is -2.46. The monoisotopic (exact) mass is 351 g/mol. The molecule has 136 valence electrons. The van der Waals surface area contributed by atoms with Gasteiger partial charge in [0.15, 0.2) is 0 Å². The summed E-state index contributed by atoms with van der Waals surface area (Å²) in [5, 5.41) is 5.12. The van der Waals surface area contributed by atoms with Gasteiger partial charge >= 0.3 is 6.03 Å². The highest BCUT2D eigenvalue weighted by Gasteiger charge is 2.22. The average Bonchev–Trinajstić information content (AvgIpc) is 2.68. The Bertz CT molecular complexity index is 711. The molecule has 0 aliphatic carbocycles. The topological polar surface area (TPSA) is 61.4 Å². The number of carbonyl (C=O) groups is 2. The minimum absolute atomic E-state index is 0.256. The zero-order chi connectivity index (χ0) is 18.2. The summed E-state index contributed by atoms with van der Waals surface area (Å²) in [7, 11) is 0. The van der Waals surface area contributed by atoms with Gasteiger partial charge in [-0.3, -0.25) is 15.0 Å². The van der Waals surface area contributed by atoms with Gasteiger partial charge in [-0.15, -0.1) is 0 Å². The highest BCUT2D eigenvalue weighted by molar-refractivity contribution is 5.95. The molecule has 2 aromatic carbocycles. The summed E-state index contributed by atoms with van der Waals surface area (Å²) in [6.45, 7) is 2.42. The van der Waals surface area contributed by atoms with Crippen LogP contribution in [0.15, 0.2) is 60.7 Å². The predicted molar refractivity (Wildman–Crippen MR) is 102 cm³/mol. The Hall–Kier alpha value is -2.66. The van der Waals surface area contributed by atoms with E-state index in [0.29, 0.717) is 12.5 Å². The van der Waals surface area contributed by atoms with Crippen LogP contribution in [0.25, 0.3) is 0 Å². The molecule has 0 radical (unpaired) electrons. The van der Waals surface area contributed by atoms with Crippen molar-refractivity contribution in [3.63, 3.8) is 0 Å². The van der Waals surface area contributed by atoms with Crippen molar-refractivity contribution in [3.8, 4) is 0 Å². The molecule has 1 fully saturated rings. The van der Waals surface area contributed by atoms with Gasteiger partial charge in [0.25, 0.3) is 0 Å². The van der Waals surface area contributed by atoms with Gasteiger partial charge in [0, 0.05) is 6.54 Å². The zero-order valence-corrected chi connectivity index (χ0v) is 14.9. The third-order valence-corrected chi connectivity index (χ3v) is 4.77. The van der Waals surface area contributed by atoms with Crippen LogP contribution in [0.3, 0.4) is 0 Å². The molecule has 5 heteroatoms. The zero-order valence-electron chi connectivity index (χ0n) is 14.9. The molecular weight excluding hydrogens is 326 g/mol. The Morgan fingerprint density at radius 3 is 2.19 bits per heavy atom. The fraction of sp³-hybridized carbons (Fsp3) is 0.333. The first-order chi connectivity index (χ1) is 12.7. The highest BCUT2D eigenvalue weighted by Crippen LogP contribution is 2.27. The fourth-order valence-electron chi connectivity index (χ4n) is 3.34. The Morgan fingerprint density at radius 1 is 0.923 bits per heavy atom. The Kier molecular flexibility index (Phi) is 6.39. The van der Waals surface area contributed by atoms with Gasteiger partial charge in [-0.25, -0.2) is 4.79 Å². The van der Waals surface area contributed by atoms with Crippen molar-refractivity contribution >= 4 is 11.9 Å². The molecular formula is C21H25N3O2. The Labute approximate surface area is 154 Å². The largest absolute Gasteiger partial charge is 0.334 e. The molecule has 26 heavy (non-hydrogen) atoms. The maximum absolute atomic E-state index is 12.1. The average molecular weight is 351 g/mol. The van der Waals surface area contributed by atoms with Gasteiger partial charge in [-0.1, -0.05) is 60.7 Å². The predicted octanol–water partition coefficient (Wildman–Crippen LogP) is 2.89. The van der Waals surface area contributed by atoms with Crippen molar-refractivity contribution in [3.05, 3.63) is 71.8 Å². The van der Waals surface area contributed by atoms with Crippen LogP contribution in [-0.2, 0) is 11.3 Å². The molecule has 1 aliphatic rings. The number of urea groups is 1. The molecule has 2 N–H and O–H groups in total. The lowest BCUT2D eigenvalue weighted by Gasteiger charge is -2.31. The minimum Gasteiger partial charge on any atom is -0.334 e. The highest BCUT2D eigenvalue weighted by atomic mass is 16.2. The molecule has 1 aliphatic heterocycles. The quantitative estimate of drug-likeness (QED) is 0.871. The number of likely N-dealkylation sites (tertiary alicyclic amines) is 1. The first-order valence-corrected chi connectivity index (χ1v) is 9.09. The number of hydrogen-bond acceptors (Lipinski definition) is 3. The minimum atomic E-state index is -0.446. The standard InChI is InChI=1S/C21H25N3O2/c25-20(23-21(26)22-15-17-7-3-1-4-8-17)16-24-13-11-19(12-14-24)18-9-5-2-6-10-18/h1-10,19H,11-16H2,(H2,22,23,25,26). The molecule has 0 aromatic heterocycles. The first kappa shape index (κ1) is 18.1. The van der Waals surface area contributed by atoms with Crippen LogP contribution in [0.4, 0.5) is 4.79 Å². The van der Waals surface area contributed by atoms with E-state index in [2.05, 4.69) is 39.8 Å². The molecule has 0 spiro atoms. The summed E-state index contributed by atoms with van der Waals surface area (Å²) in [6, 6.07) is 19.7. The van der Waals surface area contributed by atoms with E-state index in [0.717, 1.165) is 31.5 Å². The van der Waals surface area contributed by atoms with Gasteiger partial charge in [-0.2, -0.15) is 0 Å². The molecule has 0 bridgehead atoms. The van der Waals surface area contributed by atoms with Crippen molar-refractivity contribution in [2.24, 2.45) is 0 Å². The van der Waals surface area contributed by atoms with E-state index in [-0.39, 0.29) is 12.5 Å². The SMILES string of the molecule is O=C(CN1CCC(c2ccccc2)CC1)NC(=O)NCc1ccccc1. The van der Waals surface area contributed by atoms with Crippen molar-refractivity contribution in [1.29, 1.82) is 0 Å². The number of nitrogens with zero attached hydrogens (tertiary/aromatic N) is 1.